The number of piperazine rings is 1. The van der Waals surface area contributed by atoms with E-state index in [4.69, 9.17) is 0 Å². The van der Waals surface area contributed by atoms with Gasteiger partial charge in [0.25, 0.3) is 0 Å². The molecule has 0 aromatic rings. The van der Waals surface area contributed by atoms with Gasteiger partial charge in [0.1, 0.15) is 0 Å². The van der Waals surface area contributed by atoms with Gasteiger partial charge in [0.05, 0.1) is 6.04 Å². The Bertz CT molecular complexity index is 240. The average Bonchev–Trinajstić information content (AvgIpc) is 2.19. The first-order valence-corrected chi connectivity index (χ1v) is 5.56. The van der Waals surface area contributed by atoms with Crippen LogP contribution in [-0.2, 0) is 4.79 Å². The predicted molar refractivity (Wildman–Crippen MR) is 61.8 cm³/mol. The van der Waals surface area contributed by atoms with Crippen molar-refractivity contribution in [3.8, 4) is 0 Å². The maximum absolute atomic E-state index is 12.0. The molecule has 1 unspecified atom stereocenters. The van der Waals surface area contributed by atoms with E-state index in [9.17, 15) is 4.79 Å². The number of amides is 1. The first kappa shape index (κ1) is 12.5. The number of nitrogens with zero attached hydrogens (tertiary/aromatic N) is 2. The van der Waals surface area contributed by atoms with Crippen LogP contribution in [0.5, 0.6) is 0 Å². The fourth-order valence-corrected chi connectivity index (χ4v) is 1.83. The first-order valence-electron chi connectivity index (χ1n) is 5.56. The lowest BCUT2D eigenvalue weighted by molar-refractivity contribution is -0.137. The minimum Gasteiger partial charge on any atom is -0.338 e. The first-order chi connectivity index (χ1) is 6.88. The van der Waals surface area contributed by atoms with Crippen LogP contribution in [0.1, 0.15) is 20.8 Å². The van der Waals surface area contributed by atoms with Crippen LogP contribution < -0.4 is 5.32 Å². The molecule has 4 nitrogen and oxygen atoms in total. The smallest absolute Gasteiger partial charge is 0.239 e. The summed E-state index contributed by atoms with van der Waals surface area (Å²) in [6.07, 6.45) is 0. The number of carbonyl (C=O) groups is 1. The number of hydrogen-bond donors (Lipinski definition) is 1. The standard InChI is InChI=1S/C11H23N3O/c1-9(12-4)10(15)14-7-6-13(5)11(2,3)8-14/h9,12H,6-8H2,1-5H3. The van der Waals surface area contributed by atoms with Gasteiger partial charge in [-0.15, -0.1) is 0 Å². The van der Waals surface area contributed by atoms with Crippen molar-refractivity contribution in [2.24, 2.45) is 0 Å². The van der Waals surface area contributed by atoms with E-state index < -0.39 is 0 Å². The summed E-state index contributed by atoms with van der Waals surface area (Å²) < 4.78 is 0. The molecule has 88 valence electrons. The topological polar surface area (TPSA) is 35.6 Å². The van der Waals surface area contributed by atoms with Gasteiger partial charge < -0.3 is 10.2 Å². The zero-order chi connectivity index (χ0) is 11.6. The van der Waals surface area contributed by atoms with Gasteiger partial charge in [-0.3, -0.25) is 9.69 Å². The van der Waals surface area contributed by atoms with E-state index in [-0.39, 0.29) is 17.5 Å². The maximum atomic E-state index is 12.0. The van der Waals surface area contributed by atoms with Gasteiger partial charge >= 0.3 is 0 Å². The lowest BCUT2D eigenvalue weighted by Crippen LogP contribution is -2.60. The summed E-state index contributed by atoms with van der Waals surface area (Å²) >= 11 is 0. The largest absolute Gasteiger partial charge is 0.338 e. The number of hydrogen-bond acceptors (Lipinski definition) is 3. The summed E-state index contributed by atoms with van der Waals surface area (Å²) in [6.45, 7) is 8.87. The Morgan fingerprint density at radius 3 is 2.47 bits per heavy atom. The molecule has 0 aromatic carbocycles. The van der Waals surface area contributed by atoms with Crippen LogP contribution in [0.15, 0.2) is 0 Å². The van der Waals surface area contributed by atoms with Gasteiger partial charge in [-0.1, -0.05) is 0 Å². The van der Waals surface area contributed by atoms with E-state index in [2.05, 4.69) is 31.1 Å². The molecule has 0 saturated carbocycles. The van der Waals surface area contributed by atoms with Gasteiger partial charge in [-0.05, 0) is 34.9 Å². The molecule has 4 heteroatoms. The van der Waals surface area contributed by atoms with Crippen LogP contribution in [-0.4, -0.2) is 61.0 Å². The molecule has 0 bridgehead atoms. The van der Waals surface area contributed by atoms with E-state index in [1.807, 2.05) is 18.9 Å². The van der Waals surface area contributed by atoms with E-state index in [0.717, 1.165) is 19.6 Å². The van der Waals surface area contributed by atoms with Crippen LogP contribution in [0, 0.1) is 0 Å². The molecule has 1 N–H and O–H groups in total. The third-order valence-corrected chi connectivity index (χ3v) is 3.43. The number of nitrogens with one attached hydrogen (secondary N) is 1. The molecule has 1 aliphatic heterocycles. The molecule has 0 aliphatic carbocycles. The number of rotatable bonds is 2. The van der Waals surface area contributed by atoms with Gasteiger partial charge in [-0.25, -0.2) is 0 Å². The minimum absolute atomic E-state index is 0.0794. The molecule has 1 amide bonds. The summed E-state index contributed by atoms with van der Waals surface area (Å²) in [6, 6.07) is -0.0794. The molecule has 0 radical (unpaired) electrons. The van der Waals surface area contributed by atoms with Crippen molar-refractivity contribution in [1.29, 1.82) is 0 Å². The number of carbonyl (C=O) groups excluding carboxylic acids is 1. The Labute approximate surface area is 92.6 Å². The fourth-order valence-electron chi connectivity index (χ4n) is 1.83. The van der Waals surface area contributed by atoms with E-state index in [0.29, 0.717) is 0 Å². The van der Waals surface area contributed by atoms with Crippen molar-refractivity contribution in [3.05, 3.63) is 0 Å². The lowest BCUT2D eigenvalue weighted by Gasteiger charge is -2.45. The van der Waals surface area contributed by atoms with Crippen molar-refractivity contribution >= 4 is 5.91 Å². The molecule has 1 rings (SSSR count). The third kappa shape index (κ3) is 2.69. The fraction of sp³-hybridized carbons (Fsp3) is 0.909. The van der Waals surface area contributed by atoms with Crippen molar-refractivity contribution in [1.82, 2.24) is 15.1 Å². The zero-order valence-electron chi connectivity index (χ0n) is 10.5. The minimum atomic E-state index is -0.0794. The summed E-state index contributed by atoms with van der Waals surface area (Å²) in [5.41, 5.74) is 0.0847. The van der Waals surface area contributed by atoms with Gasteiger partial charge in [0.15, 0.2) is 0 Å². The van der Waals surface area contributed by atoms with Gasteiger partial charge in [-0.2, -0.15) is 0 Å². The SMILES string of the molecule is CNC(C)C(=O)N1CCN(C)C(C)(C)C1. The second-order valence-corrected chi connectivity index (χ2v) is 5.00. The van der Waals surface area contributed by atoms with E-state index >= 15 is 0 Å². The summed E-state index contributed by atoms with van der Waals surface area (Å²) in [4.78, 5) is 16.2. The molecular weight excluding hydrogens is 190 g/mol. The Balaban J connectivity index is 2.63. The zero-order valence-corrected chi connectivity index (χ0v) is 10.5. The van der Waals surface area contributed by atoms with Crippen LogP contribution in [0.2, 0.25) is 0 Å². The van der Waals surface area contributed by atoms with Gasteiger partial charge in [0, 0.05) is 25.2 Å². The van der Waals surface area contributed by atoms with Crippen molar-refractivity contribution in [2.75, 3.05) is 33.7 Å². The molecule has 1 atom stereocenters. The molecule has 1 saturated heterocycles. The van der Waals surface area contributed by atoms with Crippen molar-refractivity contribution < 1.29 is 4.79 Å². The Morgan fingerprint density at radius 1 is 1.40 bits per heavy atom. The summed E-state index contributed by atoms with van der Waals surface area (Å²) in [5, 5.41) is 3.00. The molecule has 1 fully saturated rings. The van der Waals surface area contributed by atoms with Gasteiger partial charge in [0.2, 0.25) is 5.91 Å². The Morgan fingerprint density at radius 2 is 2.00 bits per heavy atom. The second kappa shape index (κ2) is 4.49. The van der Waals surface area contributed by atoms with Crippen molar-refractivity contribution in [2.45, 2.75) is 32.4 Å². The molecule has 0 aromatic heterocycles. The highest BCUT2D eigenvalue weighted by Gasteiger charge is 2.34. The quantitative estimate of drug-likeness (QED) is 0.709. The Kier molecular flexibility index (Phi) is 3.73. The molecule has 1 heterocycles. The highest BCUT2D eigenvalue weighted by atomic mass is 16.2. The molecular formula is C11H23N3O. The Hall–Kier alpha value is -0.610. The monoisotopic (exact) mass is 213 g/mol. The van der Waals surface area contributed by atoms with E-state index in [1.54, 1.807) is 0 Å². The molecule has 1 aliphatic rings. The van der Waals surface area contributed by atoms with E-state index in [1.165, 1.54) is 0 Å². The van der Waals surface area contributed by atoms with Crippen LogP contribution in [0.3, 0.4) is 0 Å². The highest BCUT2D eigenvalue weighted by Crippen LogP contribution is 2.19. The number of likely N-dealkylation sites (N-methyl/N-ethyl adjacent to an activating group) is 2. The van der Waals surface area contributed by atoms with Crippen molar-refractivity contribution in [3.63, 3.8) is 0 Å². The highest BCUT2D eigenvalue weighted by molar-refractivity contribution is 5.81. The van der Waals surface area contributed by atoms with Crippen LogP contribution >= 0.6 is 0 Å². The summed E-state index contributed by atoms with van der Waals surface area (Å²) in [7, 11) is 3.94. The third-order valence-electron chi connectivity index (χ3n) is 3.43. The second-order valence-electron chi connectivity index (χ2n) is 5.00. The van der Waals surface area contributed by atoms with Crippen LogP contribution in [0.25, 0.3) is 0 Å². The summed E-state index contributed by atoms with van der Waals surface area (Å²) in [5.74, 6) is 0.207. The molecule has 15 heavy (non-hydrogen) atoms. The molecule has 0 spiro atoms. The normalized spacial score (nSPS) is 23.9. The average molecular weight is 213 g/mol. The predicted octanol–water partition coefficient (Wildman–Crippen LogP) is 0.147. The lowest BCUT2D eigenvalue weighted by atomic mass is 9.99. The van der Waals surface area contributed by atoms with Crippen LogP contribution in [0.4, 0.5) is 0 Å². The maximum Gasteiger partial charge on any atom is 0.239 e.